The Morgan fingerprint density at radius 2 is 0.714 bits per heavy atom. The van der Waals surface area contributed by atoms with Crippen molar-refractivity contribution in [3.8, 4) is 0 Å². The third-order valence-corrected chi connectivity index (χ3v) is 26.6. The van der Waals surface area contributed by atoms with Gasteiger partial charge in [0.05, 0.1) is 0 Å². The van der Waals surface area contributed by atoms with Gasteiger partial charge in [0, 0.05) is 16.1 Å². The van der Waals surface area contributed by atoms with Crippen LogP contribution in [0.4, 0.5) is 0 Å². The highest BCUT2D eigenvalue weighted by Gasteiger charge is 2.42. The molecule has 0 aliphatic heterocycles. The van der Waals surface area contributed by atoms with Gasteiger partial charge in [0.15, 0.2) is 16.6 Å². The molecule has 0 saturated carbocycles. The van der Waals surface area contributed by atoms with Crippen molar-refractivity contribution in [2.75, 3.05) is 0 Å². The summed E-state index contributed by atoms with van der Waals surface area (Å²) in [5.74, 6) is 0. The minimum Gasteiger partial charge on any atom is -0.437 e. The van der Waals surface area contributed by atoms with Gasteiger partial charge in [0.1, 0.15) is 0 Å². The second-order valence-electron chi connectivity index (χ2n) is 10.6. The molecule has 0 unspecified atom stereocenters. The predicted molar refractivity (Wildman–Crippen MR) is 111 cm³/mol. The van der Waals surface area contributed by atoms with Crippen molar-refractivity contribution in [2.24, 2.45) is 0 Å². The van der Waals surface area contributed by atoms with Gasteiger partial charge in [-0.3, -0.25) is 0 Å². The molecule has 0 bridgehead atoms. The molecule has 0 aromatic rings. The van der Waals surface area contributed by atoms with Crippen molar-refractivity contribution in [3.05, 3.63) is 0 Å². The van der Waals surface area contributed by atoms with Crippen LogP contribution in [0.1, 0.15) is 0 Å². The van der Waals surface area contributed by atoms with Crippen LogP contribution in [0, 0.1) is 0 Å². The number of hydrogen-bond donors (Lipinski definition) is 0. The molecular weight excluding hydrogens is 341 g/mol. The van der Waals surface area contributed by atoms with E-state index >= 15 is 0 Å². The van der Waals surface area contributed by atoms with Crippen molar-refractivity contribution >= 4 is 41.3 Å². The van der Waals surface area contributed by atoms with Gasteiger partial charge in [-0.2, -0.15) is 0 Å². The van der Waals surface area contributed by atoms with Crippen molar-refractivity contribution in [3.63, 3.8) is 0 Å². The first-order chi connectivity index (χ1) is 8.83. The van der Waals surface area contributed by atoms with Gasteiger partial charge >= 0.3 is 8.56 Å². The lowest BCUT2D eigenvalue weighted by molar-refractivity contribution is 0.393. The summed E-state index contributed by atoms with van der Waals surface area (Å²) < 4.78 is 13.4. The summed E-state index contributed by atoms with van der Waals surface area (Å²) in [5, 5.41) is 0. The molecule has 0 spiro atoms. The van der Waals surface area contributed by atoms with E-state index in [2.05, 4.69) is 78.6 Å². The zero-order chi connectivity index (χ0) is 17.3. The number of hydrogen-bond acceptors (Lipinski definition) is 2. The van der Waals surface area contributed by atoms with Crippen LogP contribution in [0.5, 0.6) is 0 Å². The van der Waals surface area contributed by atoms with Gasteiger partial charge in [-0.15, -0.1) is 0 Å². The summed E-state index contributed by atoms with van der Waals surface area (Å²) >= 11 is 0. The van der Waals surface area contributed by atoms with Crippen LogP contribution in [0.15, 0.2) is 0 Å². The maximum Gasteiger partial charge on any atom is 0.311 e. The van der Waals surface area contributed by atoms with E-state index in [1.165, 1.54) is 11.3 Å². The lowest BCUT2D eigenvalue weighted by atomic mass is 11.7. The summed E-state index contributed by atoms with van der Waals surface area (Å²) in [7, 11) is -7.34. The Morgan fingerprint density at radius 3 is 0.905 bits per heavy atom. The van der Waals surface area contributed by atoms with E-state index in [4.69, 9.17) is 8.23 Å². The van der Waals surface area contributed by atoms with E-state index in [9.17, 15) is 0 Å². The van der Waals surface area contributed by atoms with E-state index in [0.29, 0.717) is 0 Å². The van der Waals surface area contributed by atoms with E-state index in [0.717, 1.165) is 0 Å². The molecule has 2 nitrogen and oxygen atoms in total. The minimum absolute atomic E-state index is 1.07. The van der Waals surface area contributed by atoms with Crippen LogP contribution in [0.25, 0.3) is 0 Å². The molecule has 0 heterocycles. The molecule has 128 valence electrons. The van der Waals surface area contributed by atoms with Crippen LogP contribution in [0.2, 0.25) is 89.9 Å². The molecule has 0 atom stereocenters. The average Bonchev–Trinajstić information content (AvgIpc) is 1.83. The Kier molecular flexibility index (Phi) is 7.19. The molecule has 7 heteroatoms. The molecule has 0 amide bonds. The first kappa shape index (κ1) is 22.0. The van der Waals surface area contributed by atoms with Crippen molar-refractivity contribution in [2.45, 2.75) is 89.9 Å². The van der Waals surface area contributed by atoms with Crippen LogP contribution in [0.3, 0.4) is 0 Å². The Balaban J connectivity index is 4.83. The molecule has 0 fully saturated rings. The van der Waals surface area contributed by atoms with Gasteiger partial charge in [0.2, 0.25) is 0 Å². The van der Waals surface area contributed by atoms with Crippen LogP contribution in [-0.2, 0) is 8.23 Å². The fraction of sp³-hybridized carbons (Fsp3) is 1.00. The summed E-state index contributed by atoms with van der Waals surface area (Å²) in [4.78, 5) is 0. The summed E-state index contributed by atoms with van der Waals surface area (Å²) in [6, 6.07) is 0. The fourth-order valence-corrected chi connectivity index (χ4v) is 37.5. The highest BCUT2D eigenvalue weighted by atomic mass is 28.5. The zero-order valence-corrected chi connectivity index (χ0v) is 21.7. The van der Waals surface area contributed by atoms with E-state index < -0.39 is 41.3 Å². The average molecular weight is 381 g/mol. The summed E-state index contributed by atoms with van der Waals surface area (Å²) in [6.07, 6.45) is 0. The van der Waals surface area contributed by atoms with Gasteiger partial charge in [-0.1, -0.05) is 39.3 Å². The molecule has 21 heavy (non-hydrogen) atoms. The van der Waals surface area contributed by atoms with Gasteiger partial charge in [0.25, 0.3) is 0 Å². The quantitative estimate of drug-likeness (QED) is 0.489. The van der Waals surface area contributed by atoms with Gasteiger partial charge in [-0.05, 0) is 50.6 Å². The first-order valence-electron chi connectivity index (χ1n) is 8.23. The maximum atomic E-state index is 6.69. The lowest BCUT2D eigenvalue weighted by Gasteiger charge is -2.41. The number of rotatable bonds is 8. The minimum atomic E-state index is -2.01. The molecule has 0 aromatic carbocycles. The van der Waals surface area contributed by atoms with Crippen LogP contribution in [-0.4, -0.2) is 41.3 Å². The van der Waals surface area contributed by atoms with Crippen molar-refractivity contribution in [1.82, 2.24) is 0 Å². The summed E-state index contributed by atoms with van der Waals surface area (Å²) in [6.45, 7) is 28.8. The normalized spacial score (nSPS) is 15.4. The second kappa shape index (κ2) is 6.86. The molecule has 0 aliphatic rings. The summed E-state index contributed by atoms with van der Waals surface area (Å²) in [5.41, 5.74) is 2.66. The third-order valence-electron chi connectivity index (χ3n) is 2.96. The Labute approximate surface area is 139 Å². The molecule has 0 rings (SSSR count). The topological polar surface area (TPSA) is 18.5 Å². The van der Waals surface area contributed by atoms with Gasteiger partial charge < -0.3 is 8.23 Å². The SMILES string of the molecule is C[Si](C)(C)C[Si](C)(C)O[Si](C)(C)O[Si](C)(C)C[Si](C)(C)C. The second-order valence-corrected chi connectivity index (χ2v) is 35.1. The molecular formula is C14H40O2Si5. The molecule has 0 aromatic heterocycles. The van der Waals surface area contributed by atoms with E-state index in [1.807, 2.05) is 0 Å². The Bertz CT molecular complexity index is 308. The standard InChI is InChI=1S/C14H40O2Si5/c1-17(2,3)13-19(7,8)15-21(11,12)16-20(9,10)14-18(4,5)6/h13-14H2,1-12H3. The fourth-order valence-electron chi connectivity index (χ4n) is 3.98. The monoisotopic (exact) mass is 380 g/mol. The first-order valence-corrected chi connectivity index (χ1v) is 24.7. The van der Waals surface area contributed by atoms with Crippen molar-refractivity contribution < 1.29 is 8.23 Å². The maximum absolute atomic E-state index is 6.69. The van der Waals surface area contributed by atoms with Crippen molar-refractivity contribution in [1.29, 1.82) is 0 Å². The molecule has 0 N–H and O–H groups in total. The van der Waals surface area contributed by atoms with E-state index in [-0.39, 0.29) is 0 Å². The lowest BCUT2D eigenvalue weighted by Crippen LogP contribution is -2.55. The predicted octanol–water partition coefficient (Wildman–Crippen LogP) is 5.89. The molecule has 0 aliphatic carbocycles. The Morgan fingerprint density at radius 1 is 0.476 bits per heavy atom. The largest absolute Gasteiger partial charge is 0.437 e. The van der Waals surface area contributed by atoms with Crippen LogP contribution < -0.4 is 0 Å². The van der Waals surface area contributed by atoms with Crippen LogP contribution >= 0.6 is 0 Å². The molecule has 0 radical (unpaired) electrons. The highest BCUT2D eigenvalue weighted by Crippen LogP contribution is 2.29. The molecule has 0 saturated heterocycles. The smallest absolute Gasteiger partial charge is 0.311 e. The zero-order valence-electron chi connectivity index (χ0n) is 16.7. The highest BCUT2D eigenvalue weighted by molar-refractivity contribution is 6.98. The Hall–Kier alpha value is 1.00. The van der Waals surface area contributed by atoms with Gasteiger partial charge in [-0.25, -0.2) is 0 Å². The third kappa shape index (κ3) is 12.1. The van der Waals surface area contributed by atoms with E-state index in [1.54, 1.807) is 0 Å².